The lowest BCUT2D eigenvalue weighted by atomic mass is 10.1. The first-order chi connectivity index (χ1) is 12.4. The van der Waals surface area contributed by atoms with Crippen LogP contribution < -0.4 is 10.6 Å². The van der Waals surface area contributed by atoms with Gasteiger partial charge in [0.2, 0.25) is 10.0 Å². The summed E-state index contributed by atoms with van der Waals surface area (Å²) in [5.41, 5.74) is 0.836. The molecule has 1 aliphatic heterocycles. The van der Waals surface area contributed by atoms with Crippen molar-refractivity contribution in [3.63, 3.8) is 0 Å². The van der Waals surface area contributed by atoms with E-state index in [1.807, 2.05) is 0 Å². The van der Waals surface area contributed by atoms with Gasteiger partial charge in [-0.15, -0.1) is 0 Å². The van der Waals surface area contributed by atoms with E-state index in [2.05, 4.69) is 15.6 Å². The quantitative estimate of drug-likeness (QED) is 0.328. The van der Waals surface area contributed by atoms with Gasteiger partial charge in [-0.25, -0.2) is 12.7 Å². The minimum Gasteiger partial charge on any atom is -0.354 e. The van der Waals surface area contributed by atoms with Crippen LogP contribution in [-0.4, -0.2) is 55.5 Å². The Balaban J connectivity index is 1.85. The summed E-state index contributed by atoms with van der Waals surface area (Å²) >= 11 is 0. The summed E-state index contributed by atoms with van der Waals surface area (Å²) in [5.74, 6) is 0.714. The molecule has 0 bridgehead atoms. The maximum absolute atomic E-state index is 11.9. The van der Waals surface area contributed by atoms with Crippen LogP contribution in [0, 0.1) is 10.1 Å². The lowest BCUT2D eigenvalue weighted by Crippen LogP contribution is -2.49. The molecule has 0 spiro atoms. The van der Waals surface area contributed by atoms with Crippen LogP contribution in [0.15, 0.2) is 29.3 Å². The van der Waals surface area contributed by atoms with Crippen LogP contribution in [-0.2, 0) is 16.6 Å². The minimum absolute atomic E-state index is 0.0525. The average Bonchev–Trinajstić information content (AvgIpc) is 2.65. The zero-order valence-corrected chi connectivity index (χ0v) is 15.8. The third-order valence-electron chi connectivity index (χ3n) is 4.36. The van der Waals surface area contributed by atoms with E-state index in [0.717, 1.165) is 5.56 Å². The van der Waals surface area contributed by atoms with Crippen molar-refractivity contribution in [3.8, 4) is 0 Å². The maximum atomic E-state index is 11.9. The average molecular weight is 383 g/mol. The molecule has 2 rings (SSSR count). The molecule has 0 unspecified atom stereocenters. The molecule has 10 heteroatoms. The van der Waals surface area contributed by atoms with Gasteiger partial charge in [-0.05, 0) is 25.3 Å². The normalized spacial score (nSPS) is 17.1. The zero-order valence-electron chi connectivity index (χ0n) is 15.0. The lowest BCUT2D eigenvalue weighted by molar-refractivity contribution is -0.384. The van der Waals surface area contributed by atoms with Crippen molar-refractivity contribution >= 4 is 21.7 Å². The number of guanidine groups is 1. The fraction of sp³-hybridized carbons (Fsp3) is 0.562. The number of nitro groups is 1. The Kier molecular flexibility index (Phi) is 6.92. The molecule has 1 heterocycles. The molecule has 26 heavy (non-hydrogen) atoms. The molecule has 0 radical (unpaired) electrons. The highest BCUT2D eigenvalue weighted by molar-refractivity contribution is 7.89. The number of nitrogens with zero attached hydrogens (tertiary/aromatic N) is 3. The summed E-state index contributed by atoms with van der Waals surface area (Å²) in [4.78, 5) is 14.6. The number of nitro benzene ring substituents is 1. The Bertz CT molecular complexity index is 758. The summed E-state index contributed by atoms with van der Waals surface area (Å²) in [5, 5.41) is 17.3. The summed E-state index contributed by atoms with van der Waals surface area (Å²) in [6.07, 6.45) is 1.41. The summed E-state index contributed by atoms with van der Waals surface area (Å²) in [6.45, 7) is 3.05. The molecule has 1 aliphatic rings. The Labute approximate surface area is 153 Å². The van der Waals surface area contributed by atoms with Crippen LogP contribution in [0.4, 0.5) is 5.69 Å². The van der Waals surface area contributed by atoms with E-state index in [4.69, 9.17) is 0 Å². The molecule has 1 aromatic carbocycles. The van der Waals surface area contributed by atoms with Gasteiger partial charge in [-0.1, -0.05) is 12.1 Å². The van der Waals surface area contributed by atoms with Crippen LogP contribution in [0.2, 0.25) is 0 Å². The van der Waals surface area contributed by atoms with Gasteiger partial charge in [0.25, 0.3) is 5.69 Å². The van der Waals surface area contributed by atoms with E-state index >= 15 is 0 Å². The van der Waals surface area contributed by atoms with Gasteiger partial charge < -0.3 is 10.6 Å². The Morgan fingerprint density at radius 1 is 1.38 bits per heavy atom. The number of aliphatic imine (C=N–C) groups is 1. The predicted octanol–water partition coefficient (Wildman–Crippen LogP) is 1.07. The largest absolute Gasteiger partial charge is 0.354 e. The second kappa shape index (κ2) is 8.95. The van der Waals surface area contributed by atoms with Crippen molar-refractivity contribution in [1.82, 2.24) is 14.9 Å². The second-order valence-corrected chi connectivity index (χ2v) is 8.33. The van der Waals surface area contributed by atoms with E-state index < -0.39 is 14.9 Å². The SMILES string of the molecule is CCS(=O)(=O)N1CCC(NC(=NC)NCc2cccc([N+](=O)[O-])c2)CC1. The monoisotopic (exact) mass is 383 g/mol. The van der Waals surface area contributed by atoms with E-state index in [-0.39, 0.29) is 17.5 Å². The number of sulfonamides is 1. The molecule has 0 saturated carbocycles. The first-order valence-electron chi connectivity index (χ1n) is 8.54. The highest BCUT2D eigenvalue weighted by atomic mass is 32.2. The Morgan fingerprint density at radius 3 is 2.65 bits per heavy atom. The minimum atomic E-state index is -3.13. The Hall–Kier alpha value is -2.20. The first kappa shape index (κ1) is 20.1. The van der Waals surface area contributed by atoms with Gasteiger partial charge in [0.15, 0.2) is 5.96 Å². The maximum Gasteiger partial charge on any atom is 0.269 e. The molecular weight excluding hydrogens is 358 g/mol. The molecule has 0 amide bonds. The smallest absolute Gasteiger partial charge is 0.269 e. The number of rotatable bonds is 6. The lowest BCUT2D eigenvalue weighted by Gasteiger charge is -2.32. The Morgan fingerprint density at radius 2 is 2.08 bits per heavy atom. The van der Waals surface area contributed by atoms with Gasteiger partial charge in [-0.2, -0.15) is 0 Å². The van der Waals surface area contributed by atoms with Crippen LogP contribution in [0.3, 0.4) is 0 Å². The zero-order chi connectivity index (χ0) is 19.2. The number of piperidine rings is 1. The molecule has 1 saturated heterocycles. The third kappa shape index (κ3) is 5.40. The molecule has 0 aliphatic carbocycles. The molecule has 1 fully saturated rings. The predicted molar refractivity (Wildman–Crippen MR) is 100 cm³/mol. The van der Waals surface area contributed by atoms with Crippen molar-refractivity contribution in [2.45, 2.75) is 32.4 Å². The topological polar surface area (TPSA) is 117 Å². The van der Waals surface area contributed by atoms with Crippen LogP contribution in [0.5, 0.6) is 0 Å². The number of non-ortho nitro benzene ring substituents is 1. The second-order valence-electron chi connectivity index (χ2n) is 6.07. The van der Waals surface area contributed by atoms with Gasteiger partial charge >= 0.3 is 0 Å². The summed E-state index contributed by atoms with van der Waals surface area (Å²) in [6, 6.07) is 6.56. The molecule has 1 aromatic rings. The highest BCUT2D eigenvalue weighted by Crippen LogP contribution is 2.15. The van der Waals surface area contributed by atoms with Crippen molar-refractivity contribution in [3.05, 3.63) is 39.9 Å². The van der Waals surface area contributed by atoms with Crippen molar-refractivity contribution in [2.75, 3.05) is 25.9 Å². The molecule has 0 aromatic heterocycles. The van der Waals surface area contributed by atoms with E-state index in [0.29, 0.717) is 38.4 Å². The third-order valence-corrected chi connectivity index (χ3v) is 6.24. The molecule has 2 N–H and O–H groups in total. The fourth-order valence-corrected chi connectivity index (χ4v) is 3.95. The fourth-order valence-electron chi connectivity index (χ4n) is 2.81. The van der Waals surface area contributed by atoms with E-state index in [9.17, 15) is 18.5 Å². The van der Waals surface area contributed by atoms with Crippen molar-refractivity contribution in [1.29, 1.82) is 0 Å². The molecule has 0 atom stereocenters. The standard InChI is InChI=1S/C16H25N5O4S/c1-3-26(24,25)20-9-7-14(8-10-20)19-16(17-2)18-12-13-5-4-6-15(11-13)21(22)23/h4-6,11,14H,3,7-10,12H2,1-2H3,(H2,17,18,19). The van der Waals surface area contributed by atoms with E-state index in [1.54, 1.807) is 26.1 Å². The highest BCUT2D eigenvalue weighted by Gasteiger charge is 2.26. The molecule has 144 valence electrons. The van der Waals surface area contributed by atoms with Crippen molar-refractivity contribution < 1.29 is 13.3 Å². The van der Waals surface area contributed by atoms with Crippen LogP contribution in [0.1, 0.15) is 25.3 Å². The van der Waals surface area contributed by atoms with Gasteiger partial charge in [-0.3, -0.25) is 15.1 Å². The number of benzene rings is 1. The van der Waals surface area contributed by atoms with Gasteiger partial charge in [0.05, 0.1) is 10.7 Å². The molecular formula is C16H25N5O4S. The van der Waals surface area contributed by atoms with Crippen LogP contribution in [0.25, 0.3) is 0 Å². The van der Waals surface area contributed by atoms with E-state index in [1.165, 1.54) is 16.4 Å². The summed E-state index contributed by atoms with van der Waals surface area (Å²) in [7, 11) is -1.48. The van der Waals surface area contributed by atoms with Crippen LogP contribution >= 0.6 is 0 Å². The van der Waals surface area contributed by atoms with Crippen molar-refractivity contribution in [2.24, 2.45) is 4.99 Å². The molecule has 9 nitrogen and oxygen atoms in total. The van der Waals surface area contributed by atoms with Gasteiger partial charge in [0.1, 0.15) is 0 Å². The number of hydrogen-bond acceptors (Lipinski definition) is 5. The number of nitrogens with one attached hydrogen (secondary N) is 2. The number of hydrogen-bond donors (Lipinski definition) is 2. The summed E-state index contributed by atoms with van der Waals surface area (Å²) < 4.78 is 25.3. The van der Waals surface area contributed by atoms with Gasteiger partial charge in [0, 0.05) is 44.9 Å². The first-order valence-corrected chi connectivity index (χ1v) is 10.1.